The van der Waals surface area contributed by atoms with Crippen LogP contribution < -0.4 is 11.1 Å². The molecular formula is C11H17N3O3. The maximum absolute atomic E-state index is 11.8. The van der Waals surface area contributed by atoms with Crippen LogP contribution in [0, 0.1) is 13.8 Å². The smallest absolute Gasteiger partial charge is 0.243 e. The van der Waals surface area contributed by atoms with Crippen LogP contribution in [-0.2, 0) is 16.1 Å². The molecule has 1 aliphatic heterocycles. The van der Waals surface area contributed by atoms with Gasteiger partial charge in [-0.25, -0.2) is 4.98 Å². The standard InChI is InChI=1S/C11H17N3O3/c1-7-8(2)17-9(14-7)5-13-10(15)11(12)3-4-16-6-11/h3-6,12H2,1-2H3,(H,13,15). The Morgan fingerprint density at radius 2 is 2.35 bits per heavy atom. The summed E-state index contributed by atoms with van der Waals surface area (Å²) in [4.78, 5) is 16.0. The second kappa shape index (κ2) is 4.46. The second-order valence-corrected chi connectivity index (χ2v) is 4.39. The molecule has 1 unspecified atom stereocenters. The highest BCUT2D eigenvalue weighted by atomic mass is 16.5. The fraction of sp³-hybridized carbons (Fsp3) is 0.636. The van der Waals surface area contributed by atoms with Crippen molar-refractivity contribution in [2.45, 2.75) is 32.4 Å². The van der Waals surface area contributed by atoms with E-state index in [1.54, 1.807) is 0 Å². The number of nitrogens with one attached hydrogen (secondary N) is 1. The lowest BCUT2D eigenvalue weighted by Gasteiger charge is -2.19. The molecule has 1 aromatic heterocycles. The van der Waals surface area contributed by atoms with Crippen LogP contribution in [0.15, 0.2) is 4.42 Å². The van der Waals surface area contributed by atoms with Crippen LogP contribution in [0.3, 0.4) is 0 Å². The Hall–Kier alpha value is -1.40. The number of oxazole rings is 1. The van der Waals surface area contributed by atoms with Gasteiger partial charge in [-0.15, -0.1) is 0 Å². The Bertz CT molecular complexity index is 402. The van der Waals surface area contributed by atoms with Crippen molar-refractivity contribution in [3.05, 3.63) is 17.3 Å². The first-order valence-electron chi connectivity index (χ1n) is 5.59. The van der Waals surface area contributed by atoms with Crippen molar-refractivity contribution < 1.29 is 13.9 Å². The first-order chi connectivity index (χ1) is 8.01. The zero-order valence-corrected chi connectivity index (χ0v) is 10.1. The van der Waals surface area contributed by atoms with Crippen molar-refractivity contribution in [2.75, 3.05) is 13.2 Å². The fourth-order valence-corrected chi connectivity index (χ4v) is 1.71. The molecule has 17 heavy (non-hydrogen) atoms. The zero-order chi connectivity index (χ0) is 12.5. The minimum absolute atomic E-state index is 0.219. The molecule has 3 N–H and O–H groups in total. The number of hydrogen-bond acceptors (Lipinski definition) is 5. The lowest BCUT2D eigenvalue weighted by Crippen LogP contribution is -2.54. The molecule has 1 atom stereocenters. The summed E-state index contributed by atoms with van der Waals surface area (Å²) >= 11 is 0. The summed E-state index contributed by atoms with van der Waals surface area (Å²) in [5.74, 6) is 1.04. The zero-order valence-electron chi connectivity index (χ0n) is 10.1. The molecule has 0 bridgehead atoms. The molecule has 6 heteroatoms. The van der Waals surface area contributed by atoms with Gasteiger partial charge in [0.05, 0.1) is 18.8 Å². The largest absolute Gasteiger partial charge is 0.444 e. The van der Waals surface area contributed by atoms with E-state index in [2.05, 4.69) is 10.3 Å². The number of nitrogens with zero attached hydrogens (tertiary/aromatic N) is 1. The number of carbonyl (C=O) groups is 1. The number of hydrogen-bond donors (Lipinski definition) is 2. The van der Waals surface area contributed by atoms with Gasteiger partial charge in [-0.2, -0.15) is 0 Å². The monoisotopic (exact) mass is 239 g/mol. The predicted octanol–water partition coefficient (Wildman–Crippen LogP) is 0.0254. The minimum Gasteiger partial charge on any atom is -0.444 e. The molecule has 1 fully saturated rings. The molecule has 0 spiro atoms. The Labute approximate surface area is 99.5 Å². The third-order valence-corrected chi connectivity index (χ3v) is 2.98. The molecule has 1 aromatic rings. The first-order valence-corrected chi connectivity index (χ1v) is 5.59. The summed E-state index contributed by atoms with van der Waals surface area (Å²) < 4.78 is 10.5. The highest BCUT2D eigenvalue weighted by Gasteiger charge is 2.38. The normalized spacial score (nSPS) is 23.9. The van der Waals surface area contributed by atoms with E-state index in [0.29, 0.717) is 18.9 Å². The molecule has 0 radical (unpaired) electrons. The van der Waals surface area contributed by atoms with Gasteiger partial charge in [0.2, 0.25) is 11.8 Å². The van der Waals surface area contributed by atoms with Crippen molar-refractivity contribution in [1.82, 2.24) is 10.3 Å². The highest BCUT2D eigenvalue weighted by Crippen LogP contribution is 2.15. The Kier molecular flexibility index (Phi) is 3.17. The summed E-state index contributed by atoms with van der Waals surface area (Å²) in [5, 5.41) is 2.72. The lowest BCUT2D eigenvalue weighted by atomic mass is 9.99. The lowest BCUT2D eigenvalue weighted by molar-refractivity contribution is -0.126. The third kappa shape index (κ3) is 2.48. The van der Waals surface area contributed by atoms with Gasteiger partial charge in [0.1, 0.15) is 11.3 Å². The van der Waals surface area contributed by atoms with Crippen molar-refractivity contribution in [3.8, 4) is 0 Å². The molecule has 1 amide bonds. The average Bonchev–Trinajstić information content (AvgIpc) is 2.85. The van der Waals surface area contributed by atoms with Crippen LogP contribution >= 0.6 is 0 Å². The molecule has 1 aliphatic rings. The maximum atomic E-state index is 11.8. The van der Waals surface area contributed by atoms with E-state index < -0.39 is 5.54 Å². The van der Waals surface area contributed by atoms with Gasteiger partial charge in [0, 0.05) is 6.61 Å². The van der Waals surface area contributed by atoms with Gasteiger partial charge in [-0.3, -0.25) is 4.79 Å². The summed E-state index contributed by atoms with van der Waals surface area (Å²) in [6, 6.07) is 0. The SMILES string of the molecule is Cc1nc(CNC(=O)C2(N)CCOC2)oc1C. The van der Waals surface area contributed by atoms with E-state index in [1.165, 1.54) is 0 Å². The van der Waals surface area contributed by atoms with E-state index in [1.807, 2.05) is 13.8 Å². The van der Waals surface area contributed by atoms with Gasteiger partial charge in [-0.1, -0.05) is 0 Å². The van der Waals surface area contributed by atoms with Crippen LogP contribution in [0.25, 0.3) is 0 Å². The van der Waals surface area contributed by atoms with Crippen molar-refractivity contribution in [3.63, 3.8) is 0 Å². The Morgan fingerprint density at radius 1 is 1.59 bits per heavy atom. The summed E-state index contributed by atoms with van der Waals surface area (Å²) in [5.41, 5.74) is 5.84. The van der Waals surface area contributed by atoms with E-state index >= 15 is 0 Å². The molecule has 94 valence electrons. The third-order valence-electron chi connectivity index (χ3n) is 2.98. The predicted molar refractivity (Wildman–Crippen MR) is 60.2 cm³/mol. The van der Waals surface area contributed by atoms with Crippen LogP contribution in [0.4, 0.5) is 0 Å². The van der Waals surface area contributed by atoms with Crippen molar-refractivity contribution in [2.24, 2.45) is 5.73 Å². The number of carbonyl (C=O) groups excluding carboxylic acids is 1. The highest BCUT2D eigenvalue weighted by molar-refractivity contribution is 5.86. The molecule has 0 saturated carbocycles. The molecule has 0 aliphatic carbocycles. The van der Waals surface area contributed by atoms with E-state index in [-0.39, 0.29) is 19.1 Å². The van der Waals surface area contributed by atoms with Crippen LogP contribution in [0.1, 0.15) is 23.8 Å². The van der Waals surface area contributed by atoms with E-state index in [9.17, 15) is 4.79 Å². The quantitative estimate of drug-likeness (QED) is 0.776. The van der Waals surface area contributed by atoms with Gasteiger partial charge in [0.25, 0.3) is 0 Å². The molecular weight excluding hydrogens is 222 g/mol. The van der Waals surface area contributed by atoms with Gasteiger partial charge in [-0.05, 0) is 20.3 Å². The first kappa shape index (κ1) is 12.1. The van der Waals surface area contributed by atoms with Gasteiger partial charge in [0.15, 0.2) is 0 Å². The molecule has 6 nitrogen and oxygen atoms in total. The molecule has 1 saturated heterocycles. The summed E-state index contributed by atoms with van der Waals surface area (Å²) in [6.07, 6.45) is 0.544. The van der Waals surface area contributed by atoms with Crippen LogP contribution in [0.5, 0.6) is 0 Å². The maximum Gasteiger partial charge on any atom is 0.243 e. The van der Waals surface area contributed by atoms with Gasteiger partial charge >= 0.3 is 0 Å². The van der Waals surface area contributed by atoms with E-state index in [4.69, 9.17) is 14.9 Å². The average molecular weight is 239 g/mol. The number of nitrogens with two attached hydrogens (primary N) is 1. The van der Waals surface area contributed by atoms with Gasteiger partial charge < -0.3 is 20.2 Å². The van der Waals surface area contributed by atoms with Crippen LogP contribution in [0.2, 0.25) is 0 Å². The molecule has 0 aromatic carbocycles. The number of ether oxygens (including phenoxy) is 1. The Balaban J connectivity index is 1.92. The number of aryl methyl sites for hydroxylation is 2. The summed E-state index contributed by atoms with van der Waals surface area (Å²) in [6.45, 7) is 4.75. The molecule has 2 rings (SSSR count). The number of aromatic nitrogens is 1. The topological polar surface area (TPSA) is 90.4 Å². The second-order valence-electron chi connectivity index (χ2n) is 4.39. The number of amides is 1. The Morgan fingerprint density at radius 3 is 2.88 bits per heavy atom. The van der Waals surface area contributed by atoms with E-state index in [0.717, 1.165) is 11.5 Å². The van der Waals surface area contributed by atoms with Crippen molar-refractivity contribution >= 4 is 5.91 Å². The summed E-state index contributed by atoms with van der Waals surface area (Å²) in [7, 11) is 0. The van der Waals surface area contributed by atoms with Crippen LogP contribution in [-0.4, -0.2) is 29.6 Å². The fourth-order valence-electron chi connectivity index (χ4n) is 1.71. The minimum atomic E-state index is -0.906. The van der Waals surface area contributed by atoms with Crippen molar-refractivity contribution in [1.29, 1.82) is 0 Å². The number of rotatable bonds is 3. The molecule has 2 heterocycles.